The SMILES string of the molecule is COc1cccc(-c2c(-c3ccccc3)nn(C[C@H]3CC[C@H](COCC(=O)O)CC3)c2OCC(N)=O)c1. The first-order chi connectivity index (χ1) is 17.9. The molecule has 1 aliphatic rings. The number of hydrogen-bond acceptors (Lipinski definition) is 6. The lowest BCUT2D eigenvalue weighted by Gasteiger charge is -2.28. The lowest BCUT2D eigenvalue weighted by molar-refractivity contribution is -0.142. The molecule has 0 saturated heterocycles. The normalized spacial score (nSPS) is 17.3. The fraction of sp³-hybridized carbons (Fsp3) is 0.393. The average Bonchev–Trinajstić information content (AvgIpc) is 3.26. The number of benzene rings is 2. The number of nitrogens with zero attached hydrogens (tertiary/aromatic N) is 2. The zero-order valence-corrected chi connectivity index (χ0v) is 21.0. The molecule has 1 saturated carbocycles. The monoisotopic (exact) mass is 507 g/mol. The summed E-state index contributed by atoms with van der Waals surface area (Å²) in [6.45, 7) is 0.570. The van der Waals surface area contributed by atoms with Gasteiger partial charge < -0.3 is 25.1 Å². The highest BCUT2D eigenvalue weighted by atomic mass is 16.5. The Hall–Kier alpha value is -3.85. The first-order valence-electron chi connectivity index (χ1n) is 12.5. The van der Waals surface area contributed by atoms with Crippen LogP contribution in [-0.4, -0.2) is 53.7 Å². The lowest BCUT2D eigenvalue weighted by Crippen LogP contribution is -2.24. The van der Waals surface area contributed by atoms with Crippen molar-refractivity contribution in [3.8, 4) is 34.0 Å². The van der Waals surface area contributed by atoms with Crippen LogP contribution in [0.25, 0.3) is 22.4 Å². The van der Waals surface area contributed by atoms with Gasteiger partial charge in [0.15, 0.2) is 6.61 Å². The minimum Gasteiger partial charge on any atom is -0.497 e. The average molecular weight is 508 g/mol. The second kappa shape index (κ2) is 12.4. The summed E-state index contributed by atoms with van der Waals surface area (Å²) < 4.78 is 18.6. The van der Waals surface area contributed by atoms with Crippen LogP contribution in [-0.2, 0) is 20.9 Å². The van der Waals surface area contributed by atoms with Crippen molar-refractivity contribution in [1.82, 2.24) is 9.78 Å². The molecular formula is C28H33N3O6. The second-order valence-electron chi connectivity index (χ2n) is 9.36. The minimum atomic E-state index is -0.947. The molecule has 37 heavy (non-hydrogen) atoms. The number of ether oxygens (including phenoxy) is 3. The molecule has 2 aromatic carbocycles. The zero-order valence-electron chi connectivity index (χ0n) is 21.0. The molecule has 3 N–H and O–H groups in total. The predicted octanol–water partition coefficient (Wildman–Crippen LogP) is 4.00. The summed E-state index contributed by atoms with van der Waals surface area (Å²) in [5, 5.41) is 13.8. The first kappa shape index (κ1) is 26.2. The predicted molar refractivity (Wildman–Crippen MR) is 138 cm³/mol. The molecule has 1 aromatic heterocycles. The van der Waals surface area contributed by atoms with Gasteiger partial charge in [-0.2, -0.15) is 5.10 Å². The summed E-state index contributed by atoms with van der Waals surface area (Å²) in [4.78, 5) is 22.4. The van der Waals surface area contributed by atoms with E-state index in [1.807, 2.05) is 59.3 Å². The Balaban J connectivity index is 1.64. The van der Waals surface area contributed by atoms with Crippen molar-refractivity contribution in [2.45, 2.75) is 32.2 Å². The van der Waals surface area contributed by atoms with Crippen LogP contribution in [0.1, 0.15) is 25.7 Å². The number of aromatic nitrogens is 2. The highest BCUT2D eigenvalue weighted by Crippen LogP contribution is 2.41. The Kier molecular flexibility index (Phi) is 8.79. The van der Waals surface area contributed by atoms with E-state index in [0.29, 0.717) is 36.6 Å². The Morgan fingerprint density at radius 2 is 1.70 bits per heavy atom. The van der Waals surface area contributed by atoms with Crippen LogP contribution in [0.15, 0.2) is 54.6 Å². The molecule has 196 valence electrons. The molecule has 1 heterocycles. The Labute approximate surface area is 216 Å². The van der Waals surface area contributed by atoms with Crippen LogP contribution < -0.4 is 15.2 Å². The maximum absolute atomic E-state index is 11.7. The van der Waals surface area contributed by atoms with E-state index in [1.54, 1.807) is 7.11 Å². The van der Waals surface area contributed by atoms with Crippen molar-refractivity contribution in [2.75, 3.05) is 26.9 Å². The van der Waals surface area contributed by atoms with Crippen molar-refractivity contribution < 1.29 is 28.9 Å². The largest absolute Gasteiger partial charge is 0.497 e. The highest BCUT2D eigenvalue weighted by molar-refractivity contribution is 5.85. The highest BCUT2D eigenvalue weighted by Gasteiger charge is 2.27. The molecule has 0 bridgehead atoms. The molecule has 0 atom stereocenters. The van der Waals surface area contributed by atoms with Crippen molar-refractivity contribution in [3.63, 3.8) is 0 Å². The Morgan fingerprint density at radius 1 is 1.00 bits per heavy atom. The third-order valence-electron chi connectivity index (χ3n) is 6.64. The van der Waals surface area contributed by atoms with E-state index in [-0.39, 0.29) is 13.2 Å². The number of hydrogen-bond donors (Lipinski definition) is 2. The van der Waals surface area contributed by atoms with Gasteiger partial charge in [-0.25, -0.2) is 9.48 Å². The van der Waals surface area contributed by atoms with Gasteiger partial charge in [-0.3, -0.25) is 4.79 Å². The van der Waals surface area contributed by atoms with Gasteiger partial charge >= 0.3 is 5.97 Å². The van der Waals surface area contributed by atoms with E-state index in [1.165, 1.54) is 0 Å². The van der Waals surface area contributed by atoms with Crippen molar-refractivity contribution in [2.24, 2.45) is 17.6 Å². The second-order valence-corrected chi connectivity index (χ2v) is 9.36. The van der Waals surface area contributed by atoms with Gasteiger partial charge in [-0.1, -0.05) is 42.5 Å². The molecule has 4 rings (SSSR count). The van der Waals surface area contributed by atoms with Gasteiger partial charge in [0.1, 0.15) is 18.1 Å². The van der Waals surface area contributed by atoms with Crippen LogP contribution in [0.4, 0.5) is 0 Å². The number of carboxylic acid groups (broad SMARTS) is 1. The molecule has 1 aliphatic carbocycles. The molecule has 1 amide bonds. The summed E-state index contributed by atoms with van der Waals surface area (Å²) in [6.07, 6.45) is 3.84. The van der Waals surface area contributed by atoms with Gasteiger partial charge in [0.2, 0.25) is 5.88 Å². The summed E-state index contributed by atoms with van der Waals surface area (Å²) in [5.41, 5.74) is 8.77. The number of nitrogens with two attached hydrogens (primary N) is 1. The molecule has 9 heteroatoms. The van der Waals surface area contributed by atoms with Gasteiger partial charge in [0.25, 0.3) is 5.91 Å². The molecule has 0 spiro atoms. The lowest BCUT2D eigenvalue weighted by atomic mass is 9.82. The maximum Gasteiger partial charge on any atom is 0.329 e. The number of rotatable bonds is 12. The van der Waals surface area contributed by atoms with Crippen LogP contribution in [0.5, 0.6) is 11.6 Å². The van der Waals surface area contributed by atoms with Crippen LogP contribution in [0, 0.1) is 11.8 Å². The molecule has 9 nitrogen and oxygen atoms in total. The van der Waals surface area contributed by atoms with Gasteiger partial charge in [-0.05, 0) is 55.2 Å². The zero-order chi connectivity index (χ0) is 26.2. The van der Waals surface area contributed by atoms with E-state index < -0.39 is 11.9 Å². The maximum atomic E-state index is 11.7. The summed E-state index contributed by atoms with van der Waals surface area (Å²) >= 11 is 0. The number of aliphatic carboxylic acids is 1. The number of carbonyl (C=O) groups excluding carboxylic acids is 1. The van der Waals surface area contributed by atoms with E-state index in [9.17, 15) is 9.59 Å². The first-order valence-corrected chi connectivity index (χ1v) is 12.5. The van der Waals surface area contributed by atoms with Crippen LogP contribution >= 0.6 is 0 Å². The summed E-state index contributed by atoms with van der Waals surface area (Å²) in [7, 11) is 1.62. The van der Waals surface area contributed by atoms with Crippen molar-refractivity contribution in [1.29, 1.82) is 0 Å². The number of amides is 1. The molecule has 3 aromatic rings. The minimum absolute atomic E-state index is 0.259. The smallest absolute Gasteiger partial charge is 0.329 e. The summed E-state index contributed by atoms with van der Waals surface area (Å²) in [5.74, 6) is 0.398. The van der Waals surface area contributed by atoms with Crippen molar-refractivity contribution >= 4 is 11.9 Å². The number of primary amides is 1. The summed E-state index contributed by atoms with van der Waals surface area (Å²) in [6, 6.07) is 17.5. The molecule has 0 radical (unpaired) electrons. The van der Waals surface area contributed by atoms with Crippen LogP contribution in [0.2, 0.25) is 0 Å². The van der Waals surface area contributed by atoms with Gasteiger partial charge in [0, 0.05) is 12.1 Å². The number of methoxy groups -OCH3 is 1. The standard InChI is InChI=1S/C28H33N3O6/c1-35-23-9-5-8-22(14-23)26-27(21-6-3-2-4-7-21)30-31(28(26)37-17-24(29)32)15-19-10-12-20(13-11-19)16-36-18-25(33)34/h2-9,14,19-20H,10-13,15-18H2,1H3,(H2,29,32)(H,33,34)/t19-,20-. The number of carbonyl (C=O) groups is 2. The molecule has 0 aliphatic heterocycles. The van der Waals surface area contributed by atoms with E-state index in [0.717, 1.165) is 48.1 Å². The Morgan fingerprint density at radius 3 is 2.38 bits per heavy atom. The molecule has 0 unspecified atom stereocenters. The van der Waals surface area contributed by atoms with Gasteiger partial charge in [0.05, 0.1) is 19.3 Å². The van der Waals surface area contributed by atoms with Crippen LogP contribution in [0.3, 0.4) is 0 Å². The fourth-order valence-electron chi connectivity index (χ4n) is 4.83. The molecular weight excluding hydrogens is 474 g/mol. The van der Waals surface area contributed by atoms with E-state index in [2.05, 4.69) is 0 Å². The third-order valence-corrected chi connectivity index (χ3v) is 6.64. The Bertz CT molecular complexity index is 1200. The fourth-order valence-corrected chi connectivity index (χ4v) is 4.83. The van der Waals surface area contributed by atoms with E-state index >= 15 is 0 Å². The number of carboxylic acids is 1. The quantitative estimate of drug-likeness (QED) is 0.379. The van der Waals surface area contributed by atoms with E-state index in [4.69, 9.17) is 30.1 Å². The molecule has 1 fully saturated rings. The topological polar surface area (TPSA) is 126 Å². The van der Waals surface area contributed by atoms with Gasteiger partial charge in [-0.15, -0.1) is 0 Å². The van der Waals surface area contributed by atoms with Crippen molar-refractivity contribution in [3.05, 3.63) is 54.6 Å². The third kappa shape index (κ3) is 6.89.